The van der Waals surface area contributed by atoms with E-state index in [9.17, 15) is 4.79 Å². The van der Waals surface area contributed by atoms with Crippen molar-refractivity contribution in [3.05, 3.63) is 16.1 Å². The molecule has 2 unspecified atom stereocenters. The summed E-state index contributed by atoms with van der Waals surface area (Å²) in [4.78, 5) is 17.5. The van der Waals surface area contributed by atoms with Crippen molar-refractivity contribution in [2.45, 2.75) is 38.8 Å². The largest absolute Gasteiger partial charge is 0.375 e. The lowest BCUT2D eigenvalue weighted by atomic mass is 10.2. The molecule has 2 rings (SSSR count). The van der Waals surface area contributed by atoms with Crippen LogP contribution in [0.5, 0.6) is 0 Å². The fourth-order valence-corrected chi connectivity index (χ4v) is 2.87. The van der Waals surface area contributed by atoms with Crippen LogP contribution in [0, 0.1) is 0 Å². The third-order valence-corrected chi connectivity index (χ3v) is 4.41. The molecule has 2 N–H and O–H groups in total. The van der Waals surface area contributed by atoms with E-state index in [1.54, 1.807) is 11.3 Å². The average molecular weight is 283 g/mol. The number of aromatic nitrogens is 1. The molecule has 106 valence electrons. The number of thiazole rings is 1. The molecule has 0 saturated carbocycles. The molecule has 2 heterocycles. The lowest BCUT2D eigenvalue weighted by Crippen LogP contribution is -2.41. The SMILES string of the molecule is CCc1cnc(C(C)NC(=O)CC2CNCCO2)s1. The minimum atomic E-state index is -0.0330. The summed E-state index contributed by atoms with van der Waals surface area (Å²) in [6, 6.07) is -0.0330. The van der Waals surface area contributed by atoms with Crippen molar-refractivity contribution in [1.82, 2.24) is 15.6 Å². The van der Waals surface area contributed by atoms with Crippen LogP contribution in [-0.2, 0) is 16.0 Å². The number of rotatable bonds is 5. The van der Waals surface area contributed by atoms with Gasteiger partial charge in [0.25, 0.3) is 0 Å². The maximum atomic E-state index is 11.9. The lowest BCUT2D eigenvalue weighted by Gasteiger charge is -2.23. The summed E-state index contributed by atoms with van der Waals surface area (Å²) in [5, 5.41) is 7.17. The Kier molecular flexibility index (Phi) is 5.30. The number of carbonyl (C=O) groups is 1. The van der Waals surface area contributed by atoms with Crippen molar-refractivity contribution in [2.24, 2.45) is 0 Å². The summed E-state index contributed by atoms with van der Waals surface area (Å²) in [5.41, 5.74) is 0. The smallest absolute Gasteiger partial charge is 0.223 e. The monoisotopic (exact) mass is 283 g/mol. The fraction of sp³-hybridized carbons (Fsp3) is 0.692. The molecule has 0 aromatic carbocycles. The molecule has 1 amide bonds. The van der Waals surface area contributed by atoms with Crippen LogP contribution in [0.4, 0.5) is 0 Å². The van der Waals surface area contributed by atoms with Gasteiger partial charge in [0.05, 0.1) is 25.2 Å². The maximum Gasteiger partial charge on any atom is 0.223 e. The van der Waals surface area contributed by atoms with E-state index in [0.717, 1.165) is 24.5 Å². The molecular weight excluding hydrogens is 262 g/mol. The molecule has 1 aliphatic heterocycles. The Morgan fingerprint density at radius 2 is 2.58 bits per heavy atom. The third kappa shape index (κ3) is 4.26. The minimum absolute atomic E-state index is 0.0107. The fourth-order valence-electron chi connectivity index (χ4n) is 2.01. The first kappa shape index (κ1) is 14.4. The quantitative estimate of drug-likeness (QED) is 0.854. The highest BCUT2D eigenvalue weighted by Crippen LogP contribution is 2.20. The van der Waals surface area contributed by atoms with Crippen molar-refractivity contribution < 1.29 is 9.53 Å². The summed E-state index contributed by atoms with van der Waals surface area (Å²) >= 11 is 1.66. The predicted octanol–water partition coefficient (Wildman–Crippen LogP) is 1.26. The number of nitrogens with zero attached hydrogens (tertiary/aromatic N) is 1. The van der Waals surface area contributed by atoms with Gasteiger partial charge in [-0.05, 0) is 13.3 Å². The second-order valence-electron chi connectivity index (χ2n) is 4.71. The number of aryl methyl sites for hydroxylation is 1. The lowest BCUT2D eigenvalue weighted by molar-refractivity contribution is -0.125. The van der Waals surface area contributed by atoms with E-state index in [0.29, 0.717) is 13.0 Å². The number of amides is 1. The van der Waals surface area contributed by atoms with E-state index >= 15 is 0 Å². The average Bonchev–Trinajstić information content (AvgIpc) is 2.88. The van der Waals surface area contributed by atoms with Gasteiger partial charge >= 0.3 is 0 Å². The van der Waals surface area contributed by atoms with Crippen molar-refractivity contribution in [1.29, 1.82) is 0 Å². The molecule has 0 spiro atoms. The maximum absolute atomic E-state index is 11.9. The van der Waals surface area contributed by atoms with Crippen LogP contribution in [-0.4, -0.2) is 36.7 Å². The normalized spacial score (nSPS) is 21.1. The van der Waals surface area contributed by atoms with Crippen LogP contribution in [0.2, 0.25) is 0 Å². The Morgan fingerprint density at radius 1 is 1.74 bits per heavy atom. The van der Waals surface area contributed by atoms with E-state index < -0.39 is 0 Å². The van der Waals surface area contributed by atoms with E-state index in [4.69, 9.17) is 4.74 Å². The number of morpholine rings is 1. The first-order valence-electron chi connectivity index (χ1n) is 6.75. The standard InChI is InChI=1S/C13H21N3O2S/c1-3-11-8-15-13(19-11)9(2)16-12(17)6-10-7-14-4-5-18-10/h8-10,14H,3-7H2,1-2H3,(H,16,17). The Bertz CT molecular complexity index is 416. The van der Waals surface area contributed by atoms with Crippen LogP contribution in [0.3, 0.4) is 0 Å². The molecule has 0 aliphatic carbocycles. The van der Waals surface area contributed by atoms with Crippen LogP contribution in [0.15, 0.2) is 6.20 Å². The molecule has 0 radical (unpaired) electrons. The molecule has 1 aromatic rings. The number of nitrogens with one attached hydrogen (secondary N) is 2. The van der Waals surface area contributed by atoms with Gasteiger partial charge in [-0.15, -0.1) is 11.3 Å². The molecule has 1 fully saturated rings. The highest BCUT2D eigenvalue weighted by atomic mass is 32.1. The van der Waals surface area contributed by atoms with Crippen LogP contribution in [0.25, 0.3) is 0 Å². The van der Waals surface area contributed by atoms with E-state index in [1.165, 1.54) is 4.88 Å². The zero-order valence-corrected chi connectivity index (χ0v) is 12.3. The molecule has 1 aromatic heterocycles. The van der Waals surface area contributed by atoms with Crippen molar-refractivity contribution >= 4 is 17.2 Å². The van der Waals surface area contributed by atoms with E-state index in [2.05, 4.69) is 22.5 Å². The van der Waals surface area contributed by atoms with E-state index in [1.807, 2.05) is 13.1 Å². The van der Waals surface area contributed by atoms with Gasteiger partial charge in [-0.1, -0.05) is 6.92 Å². The topological polar surface area (TPSA) is 63.2 Å². The summed E-state index contributed by atoms with van der Waals surface area (Å²) < 4.78 is 5.52. The number of ether oxygens (including phenoxy) is 1. The summed E-state index contributed by atoms with van der Waals surface area (Å²) in [7, 11) is 0. The molecule has 19 heavy (non-hydrogen) atoms. The number of carbonyl (C=O) groups excluding carboxylic acids is 1. The Morgan fingerprint density at radius 3 is 3.21 bits per heavy atom. The Balaban J connectivity index is 1.80. The molecule has 6 heteroatoms. The Hall–Kier alpha value is -0.980. The van der Waals surface area contributed by atoms with Crippen molar-refractivity contribution in [3.8, 4) is 0 Å². The number of hydrogen-bond acceptors (Lipinski definition) is 5. The van der Waals surface area contributed by atoms with Gasteiger partial charge < -0.3 is 15.4 Å². The van der Waals surface area contributed by atoms with Gasteiger partial charge in [-0.25, -0.2) is 4.98 Å². The van der Waals surface area contributed by atoms with Gasteiger partial charge in [0.15, 0.2) is 0 Å². The summed E-state index contributed by atoms with van der Waals surface area (Å²) in [6.07, 6.45) is 3.27. The van der Waals surface area contributed by atoms with Gasteiger partial charge in [-0.3, -0.25) is 4.79 Å². The first-order chi connectivity index (χ1) is 9.19. The highest BCUT2D eigenvalue weighted by Gasteiger charge is 2.19. The number of hydrogen-bond donors (Lipinski definition) is 2. The molecule has 2 atom stereocenters. The molecule has 1 saturated heterocycles. The summed E-state index contributed by atoms with van der Waals surface area (Å²) in [5.74, 6) is 0.0226. The first-order valence-corrected chi connectivity index (χ1v) is 7.57. The second kappa shape index (κ2) is 6.98. The van der Waals surface area contributed by atoms with Crippen LogP contribution >= 0.6 is 11.3 Å². The predicted molar refractivity (Wildman–Crippen MR) is 75.3 cm³/mol. The second-order valence-corrected chi connectivity index (χ2v) is 5.86. The van der Waals surface area contributed by atoms with Crippen LogP contribution in [0.1, 0.15) is 36.2 Å². The molecular formula is C13H21N3O2S. The van der Waals surface area contributed by atoms with Crippen molar-refractivity contribution in [3.63, 3.8) is 0 Å². The highest BCUT2D eigenvalue weighted by molar-refractivity contribution is 7.11. The third-order valence-electron chi connectivity index (χ3n) is 3.09. The Labute approximate surface area is 117 Å². The zero-order chi connectivity index (χ0) is 13.7. The van der Waals surface area contributed by atoms with Crippen molar-refractivity contribution in [2.75, 3.05) is 19.7 Å². The summed E-state index contributed by atoms with van der Waals surface area (Å²) in [6.45, 7) is 6.37. The molecule has 5 nitrogen and oxygen atoms in total. The van der Waals surface area contributed by atoms with E-state index in [-0.39, 0.29) is 18.1 Å². The van der Waals surface area contributed by atoms with Gasteiger partial charge in [0.1, 0.15) is 5.01 Å². The molecule has 1 aliphatic rings. The zero-order valence-electron chi connectivity index (χ0n) is 11.4. The molecule has 0 bridgehead atoms. The van der Waals surface area contributed by atoms with Gasteiger partial charge in [-0.2, -0.15) is 0 Å². The minimum Gasteiger partial charge on any atom is -0.375 e. The van der Waals surface area contributed by atoms with Gasteiger partial charge in [0.2, 0.25) is 5.91 Å². The van der Waals surface area contributed by atoms with Gasteiger partial charge in [0, 0.05) is 24.2 Å². The van der Waals surface area contributed by atoms with Crippen LogP contribution < -0.4 is 10.6 Å².